The van der Waals surface area contributed by atoms with E-state index in [9.17, 15) is 16.8 Å². The van der Waals surface area contributed by atoms with E-state index >= 15 is 0 Å². The third kappa shape index (κ3) is 3.22. The van der Waals surface area contributed by atoms with E-state index in [4.69, 9.17) is 0 Å². The second-order valence-electron chi connectivity index (χ2n) is 8.19. The standard InChI is InChI=1S/C21H26N2O4S2/c1-17(2)12-14-23-21(19-10-6-7-11-20(19)29(23,26)27)13-15-22(16-21)28(24,25)18-8-4-3-5-9-18/h3-11,17H,12-16H2,1-2H3/t21-/m0/s1. The summed E-state index contributed by atoms with van der Waals surface area (Å²) >= 11 is 0. The Balaban J connectivity index is 1.77. The van der Waals surface area contributed by atoms with E-state index in [-0.39, 0.29) is 11.4 Å². The molecule has 0 amide bonds. The van der Waals surface area contributed by atoms with Gasteiger partial charge in [0.15, 0.2) is 0 Å². The summed E-state index contributed by atoms with van der Waals surface area (Å²) in [6.07, 6.45) is 1.17. The minimum atomic E-state index is -3.68. The molecule has 2 aromatic carbocycles. The molecule has 156 valence electrons. The van der Waals surface area contributed by atoms with Gasteiger partial charge < -0.3 is 0 Å². The molecule has 4 rings (SSSR count). The Hall–Kier alpha value is -1.74. The van der Waals surface area contributed by atoms with Crippen molar-refractivity contribution in [2.75, 3.05) is 19.6 Å². The summed E-state index contributed by atoms with van der Waals surface area (Å²) < 4.78 is 56.0. The second-order valence-corrected chi connectivity index (χ2v) is 12.0. The van der Waals surface area contributed by atoms with Gasteiger partial charge in [0.25, 0.3) is 0 Å². The minimum absolute atomic E-state index is 0.137. The maximum absolute atomic E-state index is 13.3. The predicted octanol–water partition coefficient (Wildman–Crippen LogP) is 3.03. The van der Waals surface area contributed by atoms with Crippen LogP contribution in [-0.2, 0) is 25.6 Å². The quantitative estimate of drug-likeness (QED) is 0.725. The van der Waals surface area contributed by atoms with Gasteiger partial charge in [-0.15, -0.1) is 0 Å². The molecule has 8 heteroatoms. The number of hydrogen-bond acceptors (Lipinski definition) is 4. The van der Waals surface area contributed by atoms with E-state index in [1.54, 1.807) is 46.8 Å². The van der Waals surface area contributed by atoms with Gasteiger partial charge in [0.1, 0.15) is 0 Å². The number of fused-ring (bicyclic) bond motifs is 2. The average Bonchev–Trinajstić information content (AvgIpc) is 3.22. The monoisotopic (exact) mass is 434 g/mol. The van der Waals surface area contributed by atoms with Crippen LogP contribution < -0.4 is 0 Å². The molecule has 0 unspecified atom stereocenters. The molecule has 2 aliphatic heterocycles. The van der Waals surface area contributed by atoms with Crippen LogP contribution in [0.25, 0.3) is 0 Å². The lowest BCUT2D eigenvalue weighted by Crippen LogP contribution is -2.47. The Morgan fingerprint density at radius 2 is 1.69 bits per heavy atom. The molecule has 0 radical (unpaired) electrons. The van der Waals surface area contributed by atoms with Crippen LogP contribution in [0.4, 0.5) is 0 Å². The molecule has 29 heavy (non-hydrogen) atoms. The van der Waals surface area contributed by atoms with E-state index in [1.165, 1.54) is 4.31 Å². The molecular weight excluding hydrogens is 408 g/mol. The van der Waals surface area contributed by atoms with Crippen LogP contribution >= 0.6 is 0 Å². The van der Waals surface area contributed by atoms with Crippen molar-refractivity contribution in [3.8, 4) is 0 Å². The molecule has 6 nitrogen and oxygen atoms in total. The molecule has 2 aromatic rings. The van der Waals surface area contributed by atoms with Crippen molar-refractivity contribution >= 4 is 20.0 Å². The van der Waals surface area contributed by atoms with Crippen molar-refractivity contribution < 1.29 is 16.8 Å². The maximum atomic E-state index is 13.3. The van der Waals surface area contributed by atoms with Gasteiger partial charge in [-0.25, -0.2) is 16.8 Å². The topological polar surface area (TPSA) is 74.8 Å². The van der Waals surface area contributed by atoms with Gasteiger partial charge in [-0.1, -0.05) is 50.2 Å². The highest BCUT2D eigenvalue weighted by molar-refractivity contribution is 7.89. The van der Waals surface area contributed by atoms with Gasteiger partial charge in [-0.05, 0) is 42.5 Å². The fourth-order valence-electron chi connectivity index (χ4n) is 4.40. The lowest BCUT2D eigenvalue weighted by molar-refractivity contribution is 0.202. The van der Waals surface area contributed by atoms with E-state index < -0.39 is 25.6 Å². The highest BCUT2D eigenvalue weighted by Crippen LogP contribution is 2.50. The molecule has 0 N–H and O–H groups in total. The lowest BCUT2D eigenvalue weighted by atomic mass is 9.88. The molecule has 1 saturated heterocycles. The third-order valence-corrected chi connectivity index (χ3v) is 9.82. The van der Waals surface area contributed by atoms with Gasteiger partial charge in [0.2, 0.25) is 20.0 Å². The van der Waals surface area contributed by atoms with Crippen molar-refractivity contribution in [2.45, 2.75) is 42.0 Å². The van der Waals surface area contributed by atoms with E-state index in [1.807, 2.05) is 12.1 Å². The molecule has 2 aliphatic rings. The summed E-state index contributed by atoms with van der Waals surface area (Å²) in [6.45, 7) is 4.93. The average molecular weight is 435 g/mol. The van der Waals surface area contributed by atoms with E-state index in [0.717, 1.165) is 12.0 Å². The summed E-state index contributed by atoms with van der Waals surface area (Å²) in [5.41, 5.74) is -0.124. The first-order chi connectivity index (χ1) is 13.7. The van der Waals surface area contributed by atoms with Crippen molar-refractivity contribution in [1.29, 1.82) is 0 Å². The van der Waals surface area contributed by atoms with Crippen molar-refractivity contribution in [2.24, 2.45) is 5.92 Å². The van der Waals surface area contributed by atoms with Crippen molar-refractivity contribution in [3.63, 3.8) is 0 Å². The van der Waals surface area contributed by atoms with Gasteiger partial charge in [0, 0.05) is 19.6 Å². The minimum Gasteiger partial charge on any atom is -0.207 e. The first-order valence-electron chi connectivity index (χ1n) is 9.87. The van der Waals surface area contributed by atoms with Crippen molar-refractivity contribution in [1.82, 2.24) is 8.61 Å². The molecule has 0 bridgehead atoms. The smallest absolute Gasteiger partial charge is 0.207 e. The Kier molecular flexibility index (Phi) is 5.09. The number of rotatable bonds is 5. The van der Waals surface area contributed by atoms with Crippen LogP contribution in [0.2, 0.25) is 0 Å². The van der Waals surface area contributed by atoms with Crippen LogP contribution in [-0.4, -0.2) is 45.1 Å². The lowest BCUT2D eigenvalue weighted by Gasteiger charge is -2.34. The maximum Gasteiger partial charge on any atom is 0.244 e. The molecule has 1 spiro atoms. The number of hydrogen-bond donors (Lipinski definition) is 0. The Labute approximate surface area is 173 Å². The van der Waals surface area contributed by atoms with E-state index in [0.29, 0.717) is 30.3 Å². The summed E-state index contributed by atoms with van der Waals surface area (Å²) in [5, 5.41) is 0. The van der Waals surface area contributed by atoms with E-state index in [2.05, 4.69) is 13.8 Å². The molecule has 0 aromatic heterocycles. The normalized spacial score (nSPS) is 24.4. The summed E-state index contributed by atoms with van der Waals surface area (Å²) in [6, 6.07) is 15.4. The fourth-order valence-corrected chi connectivity index (χ4v) is 7.99. The molecule has 2 heterocycles. The highest BCUT2D eigenvalue weighted by atomic mass is 32.2. The summed E-state index contributed by atoms with van der Waals surface area (Å²) in [5.74, 6) is 0.344. The Morgan fingerprint density at radius 1 is 1.03 bits per heavy atom. The molecule has 0 aliphatic carbocycles. The molecular formula is C21H26N2O4S2. The van der Waals surface area contributed by atoms with Crippen LogP contribution in [0.1, 0.15) is 32.3 Å². The second kappa shape index (κ2) is 7.19. The van der Waals surface area contributed by atoms with Crippen molar-refractivity contribution in [3.05, 3.63) is 60.2 Å². The predicted molar refractivity (Wildman–Crippen MR) is 111 cm³/mol. The first kappa shape index (κ1) is 20.5. The Morgan fingerprint density at radius 3 is 2.38 bits per heavy atom. The van der Waals surface area contributed by atoms with Gasteiger partial charge in [-0.2, -0.15) is 8.61 Å². The zero-order valence-electron chi connectivity index (χ0n) is 16.7. The number of benzene rings is 2. The zero-order chi connectivity index (χ0) is 20.9. The third-order valence-electron chi connectivity index (χ3n) is 5.94. The number of sulfonamides is 2. The van der Waals surface area contributed by atoms with Gasteiger partial charge >= 0.3 is 0 Å². The first-order valence-corrected chi connectivity index (χ1v) is 12.8. The summed E-state index contributed by atoms with van der Waals surface area (Å²) in [7, 11) is -7.34. The fraction of sp³-hybridized carbons (Fsp3) is 0.429. The summed E-state index contributed by atoms with van der Waals surface area (Å²) in [4.78, 5) is 0.544. The largest absolute Gasteiger partial charge is 0.244 e. The van der Waals surface area contributed by atoms with Crippen LogP contribution in [0.15, 0.2) is 64.4 Å². The zero-order valence-corrected chi connectivity index (χ0v) is 18.3. The van der Waals surface area contributed by atoms with Crippen LogP contribution in [0, 0.1) is 5.92 Å². The molecule has 1 atom stereocenters. The molecule has 1 fully saturated rings. The van der Waals surface area contributed by atoms with Crippen LogP contribution in [0.3, 0.4) is 0 Å². The number of nitrogens with zero attached hydrogens (tertiary/aromatic N) is 2. The van der Waals surface area contributed by atoms with Gasteiger partial charge in [-0.3, -0.25) is 0 Å². The SMILES string of the molecule is CC(C)CCN1[C@]2(CCN(S(=O)(=O)c3ccccc3)C2)c2ccccc2S1(=O)=O. The highest BCUT2D eigenvalue weighted by Gasteiger charge is 2.58. The van der Waals surface area contributed by atoms with Crippen LogP contribution in [0.5, 0.6) is 0 Å². The Bertz CT molecular complexity index is 1110. The van der Waals surface area contributed by atoms with Gasteiger partial charge in [0.05, 0.1) is 15.3 Å². The molecule has 0 saturated carbocycles.